The Hall–Kier alpha value is -3.56. The summed E-state index contributed by atoms with van der Waals surface area (Å²) in [6.45, 7) is 3.39. The number of ether oxygens (including phenoxy) is 2. The van der Waals surface area contributed by atoms with Crippen LogP contribution in [0.25, 0.3) is 0 Å². The molecule has 1 fully saturated rings. The lowest BCUT2D eigenvalue weighted by atomic mass is 10.0. The molecule has 0 aliphatic heterocycles. The van der Waals surface area contributed by atoms with Gasteiger partial charge in [0.05, 0.1) is 5.56 Å². The van der Waals surface area contributed by atoms with E-state index in [1.807, 2.05) is 13.8 Å². The molecule has 4 N–H and O–H groups in total. The van der Waals surface area contributed by atoms with E-state index in [0.717, 1.165) is 18.5 Å². The number of aromatic nitrogens is 2. The minimum absolute atomic E-state index is 0.0163. The molecule has 2 aromatic rings. The van der Waals surface area contributed by atoms with Gasteiger partial charge in [-0.05, 0) is 45.2 Å². The van der Waals surface area contributed by atoms with Crippen molar-refractivity contribution in [2.75, 3.05) is 11.9 Å². The minimum Gasteiger partial charge on any atom is -0.507 e. The minimum atomic E-state index is -0.462. The summed E-state index contributed by atoms with van der Waals surface area (Å²) in [5.41, 5.74) is 0.834. The van der Waals surface area contributed by atoms with E-state index in [4.69, 9.17) is 9.47 Å². The highest BCUT2D eigenvalue weighted by molar-refractivity contribution is 5.91. The molecular formula is C21H26N4O6. The Bertz CT molecular complexity index is 942. The molecule has 2 amide bonds. The van der Waals surface area contributed by atoms with Crippen LogP contribution in [0.4, 0.5) is 10.6 Å². The zero-order valence-electron chi connectivity index (χ0n) is 17.4. The molecule has 2 unspecified atom stereocenters. The first kappa shape index (κ1) is 22.1. The maximum absolute atomic E-state index is 12.2. The third kappa shape index (κ3) is 5.97. The van der Waals surface area contributed by atoms with Crippen molar-refractivity contribution in [3.05, 3.63) is 35.5 Å². The van der Waals surface area contributed by atoms with Crippen LogP contribution < -0.4 is 15.4 Å². The van der Waals surface area contributed by atoms with Gasteiger partial charge in [-0.2, -0.15) is 5.10 Å². The average molecular weight is 430 g/mol. The van der Waals surface area contributed by atoms with Gasteiger partial charge >= 0.3 is 6.09 Å². The number of aromatic hydroxyl groups is 1. The largest absolute Gasteiger partial charge is 0.507 e. The molecule has 3 rings (SSSR count). The normalized spacial score (nSPS) is 17.9. The average Bonchev–Trinajstić information content (AvgIpc) is 3.35. The number of rotatable bonds is 8. The van der Waals surface area contributed by atoms with Gasteiger partial charge in [0.2, 0.25) is 0 Å². The number of aromatic amines is 1. The zero-order valence-corrected chi connectivity index (χ0v) is 17.4. The Kier molecular flexibility index (Phi) is 7.11. The number of carbonyl (C=O) groups is 3. The number of phenolic OH excluding ortho intramolecular Hbond substituents is 1. The number of hydrogen-bond donors (Lipinski definition) is 4. The number of alkyl carbamates (subject to hydrolysis) is 1. The molecule has 1 aliphatic carbocycles. The number of nitrogens with zero attached hydrogens (tertiary/aromatic N) is 1. The number of nitrogens with one attached hydrogen (secondary N) is 3. The Morgan fingerprint density at radius 1 is 1.35 bits per heavy atom. The first-order valence-electron chi connectivity index (χ1n) is 10.1. The van der Waals surface area contributed by atoms with E-state index in [9.17, 15) is 19.5 Å². The van der Waals surface area contributed by atoms with E-state index in [-0.39, 0.29) is 41.7 Å². The monoisotopic (exact) mass is 430 g/mol. The molecule has 1 heterocycles. The van der Waals surface area contributed by atoms with E-state index >= 15 is 0 Å². The molecule has 0 radical (unpaired) electrons. The standard InChI is InChI=1S/C21H26N4O6/c1-12(2)22-21(29)31-14-7-6-13(8-14)16-9-19(25-24-16)23-20(28)11-30-18-5-3-4-17(27)15(18)10-26/h3-5,9-10,12-14,27H,6-8,11H2,1-2H3,(H,22,29)(H2,23,24,25,28). The van der Waals surface area contributed by atoms with Crippen molar-refractivity contribution in [3.8, 4) is 11.5 Å². The molecule has 0 spiro atoms. The van der Waals surface area contributed by atoms with Gasteiger partial charge in [0.1, 0.15) is 17.6 Å². The van der Waals surface area contributed by atoms with E-state index in [1.54, 1.807) is 6.07 Å². The molecule has 1 aliphatic rings. The Labute approximate surface area is 179 Å². The van der Waals surface area contributed by atoms with Crippen LogP contribution in [0.15, 0.2) is 24.3 Å². The first-order chi connectivity index (χ1) is 14.9. The van der Waals surface area contributed by atoms with E-state index in [1.165, 1.54) is 18.2 Å². The SMILES string of the molecule is CC(C)NC(=O)OC1CCC(c2cc(NC(=O)COc3cccc(O)c3C=O)n[nH]2)C1. The van der Waals surface area contributed by atoms with Gasteiger partial charge in [0.15, 0.2) is 18.7 Å². The fourth-order valence-electron chi connectivity index (χ4n) is 3.46. The van der Waals surface area contributed by atoms with Crippen molar-refractivity contribution < 1.29 is 29.0 Å². The number of H-pyrrole nitrogens is 1. The summed E-state index contributed by atoms with van der Waals surface area (Å²) in [5.74, 6) is -0.0706. The first-order valence-corrected chi connectivity index (χ1v) is 10.1. The van der Waals surface area contributed by atoms with Gasteiger partial charge in [-0.3, -0.25) is 14.7 Å². The van der Waals surface area contributed by atoms with Crippen molar-refractivity contribution in [1.29, 1.82) is 0 Å². The highest BCUT2D eigenvalue weighted by atomic mass is 16.6. The molecule has 0 saturated heterocycles. The lowest BCUT2D eigenvalue weighted by molar-refractivity contribution is -0.118. The molecule has 10 heteroatoms. The van der Waals surface area contributed by atoms with Gasteiger partial charge in [-0.15, -0.1) is 0 Å². The fourth-order valence-corrected chi connectivity index (χ4v) is 3.46. The molecular weight excluding hydrogens is 404 g/mol. The molecule has 1 saturated carbocycles. The van der Waals surface area contributed by atoms with Crippen LogP contribution in [0.1, 0.15) is 55.1 Å². The van der Waals surface area contributed by atoms with Crippen molar-refractivity contribution in [1.82, 2.24) is 15.5 Å². The van der Waals surface area contributed by atoms with Gasteiger partial charge in [-0.25, -0.2) is 4.79 Å². The predicted molar refractivity (Wildman–Crippen MR) is 111 cm³/mol. The van der Waals surface area contributed by atoms with E-state index in [2.05, 4.69) is 20.8 Å². The third-order valence-electron chi connectivity index (χ3n) is 4.89. The predicted octanol–water partition coefficient (Wildman–Crippen LogP) is 2.72. The number of carbonyl (C=O) groups excluding carboxylic acids is 3. The Morgan fingerprint density at radius 2 is 2.16 bits per heavy atom. The van der Waals surface area contributed by atoms with Crippen LogP contribution >= 0.6 is 0 Å². The van der Waals surface area contributed by atoms with Gasteiger partial charge in [-0.1, -0.05) is 6.07 Å². The number of phenols is 1. The zero-order chi connectivity index (χ0) is 22.4. The highest BCUT2D eigenvalue weighted by Crippen LogP contribution is 2.35. The quantitative estimate of drug-likeness (QED) is 0.472. The summed E-state index contributed by atoms with van der Waals surface area (Å²) in [7, 11) is 0. The van der Waals surface area contributed by atoms with Crippen LogP contribution in [0, 0.1) is 0 Å². The van der Waals surface area contributed by atoms with Crippen LogP contribution in [0.2, 0.25) is 0 Å². The molecule has 31 heavy (non-hydrogen) atoms. The van der Waals surface area contributed by atoms with Gasteiger partial charge in [0, 0.05) is 23.7 Å². The smallest absolute Gasteiger partial charge is 0.407 e. The number of aldehydes is 1. The highest BCUT2D eigenvalue weighted by Gasteiger charge is 2.30. The third-order valence-corrected chi connectivity index (χ3v) is 4.89. The van der Waals surface area contributed by atoms with Gasteiger partial charge < -0.3 is 25.2 Å². The number of amides is 2. The van der Waals surface area contributed by atoms with Crippen LogP contribution in [0.5, 0.6) is 11.5 Å². The molecule has 10 nitrogen and oxygen atoms in total. The lowest BCUT2D eigenvalue weighted by Gasteiger charge is -2.14. The molecule has 166 valence electrons. The molecule has 2 atom stereocenters. The Morgan fingerprint density at radius 3 is 2.90 bits per heavy atom. The Balaban J connectivity index is 1.49. The topological polar surface area (TPSA) is 143 Å². The molecule has 1 aromatic heterocycles. The summed E-state index contributed by atoms with van der Waals surface area (Å²) >= 11 is 0. The van der Waals surface area contributed by atoms with Crippen molar-refractivity contribution >= 4 is 24.1 Å². The van der Waals surface area contributed by atoms with Crippen LogP contribution in [0.3, 0.4) is 0 Å². The summed E-state index contributed by atoms with van der Waals surface area (Å²) < 4.78 is 10.8. The van der Waals surface area contributed by atoms with E-state index in [0.29, 0.717) is 18.5 Å². The van der Waals surface area contributed by atoms with E-state index < -0.39 is 12.0 Å². The van der Waals surface area contributed by atoms with Crippen molar-refractivity contribution in [2.24, 2.45) is 0 Å². The lowest BCUT2D eigenvalue weighted by Crippen LogP contribution is -2.33. The van der Waals surface area contributed by atoms with Gasteiger partial charge in [0.25, 0.3) is 5.91 Å². The second-order valence-corrected chi connectivity index (χ2v) is 7.69. The maximum Gasteiger partial charge on any atom is 0.407 e. The summed E-state index contributed by atoms with van der Waals surface area (Å²) in [5, 5.41) is 22.0. The summed E-state index contributed by atoms with van der Waals surface area (Å²) in [6, 6.07) is 6.12. The second-order valence-electron chi connectivity index (χ2n) is 7.69. The molecule has 1 aromatic carbocycles. The maximum atomic E-state index is 12.2. The number of anilines is 1. The summed E-state index contributed by atoms with van der Waals surface area (Å²) in [6.07, 6.45) is 2.16. The van der Waals surface area contributed by atoms with Crippen molar-refractivity contribution in [3.63, 3.8) is 0 Å². The molecule has 0 bridgehead atoms. The number of benzene rings is 1. The fraction of sp³-hybridized carbons (Fsp3) is 0.429. The second kappa shape index (κ2) is 9.96. The number of hydrogen-bond acceptors (Lipinski definition) is 7. The van der Waals surface area contributed by atoms with Crippen LogP contribution in [-0.4, -0.2) is 52.3 Å². The van der Waals surface area contributed by atoms with Crippen molar-refractivity contribution in [2.45, 2.75) is 51.2 Å². The van der Waals surface area contributed by atoms with Crippen LogP contribution in [-0.2, 0) is 9.53 Å². The summed E-state index contributed by atoms with van der Waals surface area (Å²) in [4.78, 5) is 35.0.